The largest absolute Gasteiger partial charge is 0.508 e. The summed E-state index contributed by atoms with van der Waals surface area (Å²) in [5.74, 6) is -1.51. The van der Waals surface area contributed by atoms with Gasteiger partial charge in [0, 0.05) is 12.0 Å². The predicted molar refractivity (Wildman–Crippen MR) is 129 cm³/mol. The summed E-state index contributed by atoms with van der Waals surface area (Å²) in [5, 5.41) is 36.9. The summed E-state index contributed by atoms with van der Waals surface area (Å²) >= 11 is 0. The molecule has 1 heterocycles. The number of aromatic nitrogens is 2. The molecule has 1 aliphatic carbocycles. The van der Waals surface area contributed by atoms with Crippen LogP contribution in [0.4, 0.5) is 4.39 Å². The molecule has 8 nitrogen and oxygen atoms in total. The van der Waals surface area contributed by atoms with Crippen LogP contribution in [-0.2, 0) is 11.2 Å². The van der Waals surface area contributed by atoms with Crippen molar-refractivity contribution >= 4 is 11.7 Å². The van der Waals surface area contributed by atoms with Crippen LogP contribution in [-0.4, -0.2) is 36.8 Å². The number of fused-ring (bicyclic) bond motifs is 1. The summed E-state index contributed by atoms with van der Waals surface area (Å²) < 4.78 is 15.2. The van der Waals surface area contributed by atoms with Gasteiger partial charge in [0.05, 0.1) is 29.4 Å². The zero-order valence-electron chi connectivity index (χ0n) is 19.0. The van der Waals surface area contributed by atoms with E-state index in [1.54, 1.807) is 12.1 Å². The molecular formula is C27H22FN3O5. The molecule has 0 saturated carbocycles. The normalized spacial score (nSPS) is 14.9. The number of aromatic hydroxyl groups is 3. The van der Waals surface area contributed by atoms with E-state index < -0.39 is 11.9 Å². The Labute approximate surface area is 205 Å². The molecule has 182 valence electrons. The van der Waals surface area contributed by atoms with Crippen molar-refractivity contribution in [1.82, 2.24) is 15.1 Å². The van der Waals surface area contributed by atoms with E-state index in [0.717, 1.165) is 0 Å². The number of benzene rings is 3. The summed E-state index contributed by atoms with van der Waals surface area (Å²) in [5.41, 5.74) is 2.71. The molecule has 0 spiro atoms. The fourth-order valence-electron chi connectivity index (χ4n) is 4.45. The summed E-state index contributed by atoms with van der Waals surface area (Å²) in [7, 11) is 0. The van der Waals surface area contributed by atoms with Gasteiger partial charge in [0.2, 0.25) is 5.91 Å². The van der Waals surface area contributed by atoms with Crippen molar-refractivity contribution in [3.63, 3.8) is 0 Å². The van der Waals surface area contributed by atoms with Gasteiger partial charge in [0.25, 0.3) is 0 Å². The number of amides is 1. The highest BCUT2D eigenvalue weighted by atomic mass is 19.1. The smallest absolute Gasteiger partial charge is 0.224 e. The van der Waals surface area contributed by atoms with Crippen LogP contribution in [0.5, 0.6) is 17.2 Å². The Kier molecular flexibility index (Phi) is 5.89. The number of carbonyl (C=O) groups is 2. The van der Waals surface area contributed by atoms with Crippen LogP contribution in [0.2, 0.25) is 0 Å². The van der Waals surface area contributed by atoms with Crippen molar-refractivity contribution in [2.24, 2.45) is 0 Å². The lowest BCUT2D eigenvalue weighted by atomic mass is 9.88. The number of Topliss-reactive ketones (excluding diaryl/α,β-unsaturated/α-hetero) is 1. The molecule has 1 unspecified atom stereocenters. The summed E-state index contributed by atoms with van der Waals surface area (Å²) in [6.45, 7) is 0. The van der Waals surface area contributed by atoms with Crippen LogP contribution in [0.1, 0.15) is 40.5 Å². The Hall–Kier alpha value is -4.66. The molecule has 0 aliphatic heterocycles. The Morgan fingerprint density at radius 3 is 2.53 bits per heavy atom. The van der Waals surface area contributed by atoms with Crippen molar-refractivity contribution in [3.8, 4) is 34.2 Å². The highest BCUT2D eigenvalue weighted by Crippen LogP contribution is 2.38. The number of phenols is 3. The first-order valence-electron chi connectivity index (χ1n) is 11.3. The van der Waals surface area contributed by atoms with Crippen molar-refractivity contribution in [3.05, 3.63) is 89.4 Å². The number of halogens is 1. The lowest BCUT2D eigenvalue weighted by Crippen LogP contribution is -2.34. The van der Waals surface area contributed by atoms with Gasteiger partial charge >= 0.3 is 0 Å². The molecule has 1 atom stereocenters. The van der Waals surface area contributed by atoms with Crippen LogP contribution in [0.25, 0.3) is 16.9 Å². The van der Waals surface area contributed by atoms with Gasteiger partial charge in [0.15, 0.2) is 17.3 Å². The molecule has 0 bridgehead atoms. The number of nitrogens with zero attached hydrogens (tertiary/aromatic N) is 2. The quantitative estimate of drug-likeness (QED) is 0.313. The molecule has 9 heteroatoms. The van der Waals surface area contributed by atoms with E-state index in [0.29, 0.717) is 40.2 Å². The van der Waals surface area contributed by atoms with Crippen molar-refractivity contribution in [2.45, 2.75) is 25.3 Å². The number of rotatable bonds is 5. The van der Waals surface area contributed by atoms with Crippen LogP contribution < -0.4 is 5.32 Å². The molecule has 1 amide bonds. The number of nitrogens with one attached hydrogen (secondary N) is 1. The van der Waals surface area contributed by atoms with E-state index in [1.165, 1.54) is 59.3 Å². The first-order chi connectivity index (χ1) is 17.3. The van der Waals surface area contributed by atoms with E-state index in [1.807, 2.05) is 0 Å². The van der Waals surface area contributed by atoms with Gasteiger partial charge < -0.3 is 20.6 Å². The first kappa shape index (κ1) is 23.1. The van der Waals surface area contributed by atoms with E-state index in [9.17, 15) is 29.3 Å². The molecule has 4 N–H and O–H groups in total. The van der Waals surface area contributed by atoms with Crippen molar-refractivity contribution in [1.29, 1.82) is 0 Å². The molecule has 0 radical (unpaired) electrons. The maximum atomic E-state index is 13.6. The minimum atomic E-state index is -0.570. The average molecular weight is 487 g/mol. The highest BCUT2D eigenvalue weighted by Gasteiger charge is 2.35. The van der Waals surface area contributed by atoms with Gasteiger partial charge in [-0.2, -0.15) is 5.10 Å². The second-order valence-corrected chi connectivity index (χ2v) is 8.63. The zero-order chi connectivity index (χ0) is 25.4. The van der Waals surface area contributed by atoms with Gasteiger partial charge in [-0.15, -0.1) is 0 Å². The molecule has 4 aromatic rings. The number of ketones is 1. The monoisotopic (exact) mass is 487 g/mol. The maximum Gasteiger partial charge on any atom is 0.224 e. The number of carbonyl (C=O) groups excluding carboxylic acids is 2. The minimum Gasteiger partial charge on any atom is -0.508 e. The molecule has 3 aromatic carbocycles. The van der Waals surface area contributed by atoms with Gasteiger partial charge in [-0.1, -0.05) is 18.2 Å². The Bertz CT molecular complexity index is 1480. The summed E-state index contributed by atoms with van der Waals surface area (Å²) in [4.78, 5) is 26.0. The zero-order valence-corrected chi connectivity index (χ0v) is 19.0. The minimum absolute atomic E-state index is 0.0165. The number of hydrogen-bond donors (Lipinski definition) is 4. The molecule has 0 fully saturated rings. The Morgan fingerprint density at radius 1 is 1.03 bits per heavy atom. The van der Waals surface area contributed by atoms with Crippen molar-refractivity contribution in [2.75, 3.05) is 0 Å². The molecule has 1 aliphatic rings. The molecule has 36 heavy (non-hydrogen) atoms. The third-order valence-electron chi connectivity index (χ3n) is 6.12. The van der Waals surface area contributed by atoms with Gasteiger partial charge in [-0.25, -0.2) is 9.07 Å². The lowest BCUT2D eigenvalue weighted by molar-refractivity contribution is -0.121. The first-order valence-corrected chi connectivity index (χ1v) is 11.3. The Balaban J connectivity index is 1.56. The fourth-order valence-corrected chi connectivity index (χ4v) is 4.45. The second kappa shape index (κ2) is 9.18. The van der Waals surface area contributed by atoms with E-state index in [2.05, 4.69) is 10.4 Å². The molecule has 1 aromatic heterocycles. The van der Waals surface area contributed by atoms with Crippen LogP contribution in [0, 0.1) is 5.82 Å². The predicted octanol–water partition coefficient (Wildman–Crippen LogP) is 4.17. The van der Waals surface area contributed by atoms with Crippen LogP contribution in [0.15, 0.2) is 66.7 Å². The average Bonchev–Trinajstić information content (AvgIpc) is 3.26. The summed E-state index contributed by atoms with van der Waals surface area (Å²) in [6, 6.07) is 15.6. The SMILES string of the molecule is O=C(Cc1ccc(O)c(O)c1)NC1CCC(=O)c2c(-c3cccc(O)c3)nn(-c3ccc(F)cc3)c21. The van der Waals surface area contributed by atoms with Crippen LogP contribution >= 0.6 is 0 Å². The molecular weight excluding hydrogens is 465 g/mol. The van der Waals surface area contributed by atoms with E-state index in [4.69, 9.17) is 0 Å². The molecule has 5 rings (SSSR count). The Morgan fingerprint density at radius 2 is 1.81 bits per heavy atom. The van der Waals surface area contributed by atoms with E-state index in [-0.39, 0.29) is 41.8 Å². The lowest BCUT2D eigenvalue weighted by Gasteiger charge is -2.25. The molecule has 0 saturated heterocycles. The second-order valence-electron chi connectivity index (χ2n) is 8.63. The topological polar surface area (TPSA) is 125 Å². The van der Waals surface area contributed by atoms with Gasteiger partial charge in [-0.3, -0.25) is 9.59 Å². The number of phenolic OH excluding ortho intramolecular Hbond substituents is 3. The van der Waals surface area contributed by atoms with Crippen molar-refractivity contribution < 1.29 is 29.3 Å². The van der Waals surface area contributed by atoms with Gasteiger partial charge in [0.1, 0.15) is 17.3 Å². The number of hydrogen-bond acceptors (Lipinski definition) is 6. The fraction of sp³-hybridized carbons (Fsp3) is 0.148. The van der Waals surface area contributed by atoms with Crippen LogP contribution in [0.3, 0.4) is 0 Å². The van der Waals surface area contributed by atoms with E-state index >= 15 is 0 Å². The third-order valence-corrected chi connectivity index (χ3v) is 6.12. The highest BCUT2D eigenvalue weighted by molar-refractivity contribution is 6.04. The maximum absolute atomic E-state index is 13.6. The van der Waals surface area contributed by atoms with Gasteiger partial charge in [-0.05, 0) is 60.5 Å². The third kappa shape index (κ3) is 4.38. The summed E-state index contributed by atoms with van der Waals surface area (Å²) in [6.07, 6.45) is 0.460. The standard InChI is InChI=1S/C27H22FN3O5/c28-17-5-7-18(8-6-17)31-27-20(29-24(36)13-15-4-10-21(33)23(35)12-15)9-11-22(34)25(27)26(30-31)16-2-1-3-19(32)14-16/h1-8,10,12,14,20,32-33,35H,9,11,13H2,(H,29,36).